The number of hydrogen-bond donors (Lipinski definition) is 3. The van der Waals surface area contributed by atoms with Crippen molar-refractivity contribution in [2.75, 3.05) is 19.5 Å². The van der Waals surface area contributed by atoms with E-state index in [2.05, 4.69) is 20.5 Å². The first kappa shape index (κ1) is 48.4. The zero-order chi connectivity index (χ0) is 46.6. The molecular formula is C42H50N7O14P. The van der Waals surface area contributed by atoms with Crippen molar-refractivity contribution < 1.29 is 66.0 Å². The van der Waals surface area contributed by atoms with E-state index in [1.165, 1.54) is 63.0 Å². The number of anilines is 1. The minimum absolute atomic E-state index is 0.0361. The molecule has 0 aliphatic carbocycles. The lowest BCUT2D eigenvalue weighted by molar-refractivity contribution is -0.169. The molecule has 4 N–H and O–H groups in total. The van der Waals surface area contributed by atoms with Crippen LogP contribution in [0.4, 0.5) is 10.6 Å². The van der Waals surface area contributed by atoms with E-state index in [-0.39, 0.29) is 43.1 Å². The van der Waals surface area contributed by atoms with E-state index in [0.29, 0.717) is 11.1 Å². The average molecular weight is 908 g/mol. The zero-order valence-electron chi connectivity index (χ0n) is 36.0. The molecule has 0 spiro atoms. The SMILES string of the molecule is CCC(=O)O[C@H]1[C@H](c2ccc3c(N)ncnn23)O[C@](C#N)(COP(=O)(NC(C)C(=O)OC(C)C)Oc2ccc(CC(NC(=O)OCc3ccccc3)C(=O)OC)cc2)[C@H]1OC(=O)CC. The van der Waals surface area contributed by atoms with Crippen molar-refractivity contribution in [3.05, 3.63) is 89.9 Å². The standard InChI is InChI=1S/C42H50N7O14P/c1-7-33(50)60-36-35(31-18-19-32-38(44)45-24-46-49(31)32)62-42(22-43,37(36)61-34(51)8-2)23-58-64(55,48-26(5)39(52)59-25(3)4)63-29-16-14-27(15-17-29)20-30(40(53)56-6)47-41(54)57-21-28-12-10-9-11-13-28/h9-19,24-26,30,35-37H,7-8,20-21,23H2,1-6H3,(H,47,54)(H,48,55)(H2,44,45,46)/t26?,30?,35-,36-,37-,42+,64?/m0/s1. The van der Waals surface area contributed by atoms with E-state index in [0.717, 1.165) is 5.56 Å². The molecule has 2 aromatic heterocycles. The van der Waals surface area contributed by atoms with Gasteiger partial charge in [0.05, 0.1) is 18.9 Å². The van der Waals surface area contributed by atoms with Crippen LogP contribution < -0.4 is 20.7 Å². The molecule has 64 heavy (non-hydrogen) atoms. The van der Waals surface area contributed by atoms with Crippen LogP contribution in [-0.2, 0) is 69.7 Å². The molecule has 7 atom stereocenters. The molecule has 1 fully saturated rings. The lowest BCUT2D eigenvalue weighted by Gasteiger charge is -2.30. The fraction of sp³-hybridized carbons (Fsp3) is 0.429. The molecule has 3 unspecified atom stereocenters. The van der Waals surface area contributed by atoms with Crippen LogP contribution in [0, 0.1) is 11.3 Å². The second kappa shape index (κ2) is 21.7. The third kappa shape index (κ3) is 12.1. The van der Waals surface area contributed by atoms with Gasteiger partial charge >= 0.3 is 37.7 Å². The molecule has 21 nitrogen and oxygen atoms in total. The van der Waals surface area contributed by atoms with Crippen molar-refractivity contribution in [1.29, 1.82) is 5.26 Å². The van der Waals surface area contributed by atoms with E-state index in [1.807, 2.05) is 12.1 Å². The molecule has 0 bridgehead atoms. The minimum atomic E-state index is -4.78. The molecule has 1 aliphatic heterocycles. The molecule has 22 heteroatoms. The van der Waals surface area contributed by atoms with Crippen LogP contribution in [-0.4, -0.2) is 94.3 Å². The average Bonchev–Trinajstić information content (AvgIpc) is 3.84. The maximum absolute atomic E-state index is 14.8. The van der Waals surface area contributed by atoms with E-state index >= 15 is 0 Å². The monoisotopic (exact) mass is 907 g/mol. The summed E-state index contributed by atoms with van der Waals surface area (Å²) in [6, 6.07) is 17.3. The number of benzene rings is 2. The molecule has 4 aromatic rings. The quantitative estimate of drug-likeness (QED) is 0.0628. The van der Waals surface area contributed by atoms with E-state index in [1.54, 1.807) is 50.2 Å². The number of nitrogens with one attached hydrogen (secondary N) is 2. The number of nitrogen functional groups attached to an aromatic ring is 1. The van der Waals surface area contributed by atoms with Crippen molar-refractivity contribution in [3.8, 4) is 11.8 Å². The Morgan fingerprint density at radius 3 is 2.28 bits per heavy atom. The van der Waals surface area contributed by atoms with E-state index in [9.17, 15) is 33.8 Å². The number of methoxy groups -OCH3 is 1. The van der Waals surface area contributed by atoms with Crippen LogP contribution in [0.3, 0.4) is 0 Å². The summed E-state index contributed by atoms with van der Waals surface area (Å²) in [5.74, 6) is -3.07. The molecule has 342 valence electrons. The van der Waals surface area contributed by atoms with E-state index in [4.69, 9.17) is 43.2 Å². The van der Waals surface area contributed by atoms with Gasteiger partial charge in [0.2, 0.25) is 5.60 Å². The van der Waals surface area contributed by atoms with Crippen LogP contribution in [0.2, 0.25) is 0 Å². The smallest absolute Gasteiger partial charge is 0.459 e. The van der Waals surface area contributed by atoms with Gasteiger partial charge in [-0.2, -0.15) is 15.4 Å². The van der Waals surface area contributed by atoms with Crippen molar-refractivity contribution in [2.24, 2.45) is 0 Å². The summed E-state index contributed by atoms with van der Waals surface area (Å²) in [6.07, 6.45) is -5.05. The Bertz CT molecular complexity index is 2370. The van der Waals surface area contributed by atoms with E-state index < -0.39 is 86.4 Å². The van der Waals surface area contributed by atoms with Gasteiger partial charge in [0.25, 0.3) is 0 Å². The number of hydrogen-bond acceptors (Lipinski definition) is 18. The highest BCUT2D eigenvalue weighted by atomic mass is 31.2. The Hall–Kier alpha value is -6.59. The van der Waals surface area contributed by atoms with Crippen LogP contribution in [0.1, 0.15) is 70.4 Å². The van der Waals surface area contributed by atoms with Crippen molar-refractivity contribution >= 4 is 49.1 Å². The van der Waals surface area contributed by atoms with Gasteiger partial charge in [-0.3, -0.25) is 18.9 Å². The van der Waals surface area contributed by atoms with Gasteiger partial charge in [0.15, 0.2) is 18.0 Å². The Labute approximate surface area is 368 Å². The highest BCUT2D eigenvalue weighted by molar-refractivity contribution is 7.52. The number of nitriles is 1. The summed E-state index contributed by atoms with van der Waals surface area (Å²) >= 11 is 0. The van der Waals surface area contributed by atoms with Gasteiger partial charge in [-0.25, -0.2) is 23.7 Å². The van der Waals surface area contributed by atoms with Crippen molar-refractivity contribution in [3.63, 3.8) is 0 Å². The van der Waals surface area contributed by atoms with Gasteiger partial charge in [-0.05, 0) is 56.2 Å². The second-order valence-electron chi connectivity index (χ2n) is 14.6. The van der Waals surface area contributed by atoms with Crippen LogP contribution in [0.25, 0.3) is 5.52 Å². The Balaban J connectivity index is 1.44. The molecule has 0 radical (unpaired) electrons. The predicted molar refractivity (Wildman–Crippen MR) is 224 cm³/mol. The van der Waals surface area contributed by atoms with Gasteiger partial charge in [0.1, 0.15) is 55.1 Å². The molecule has 1 saturated heterocycles. The summed E-state index contributed by atoms with van der Waals surface area (Å²) < 4.78 is 61.4. The molecule has 3 heterocycles. The Morgan fingerprint density at radius 2 is 1.64 bits per heavy atom. The number of fused-ring (bicyclic) bond motifs is 1. The Morgan fingerprint density at radius 1 is 0.953 bits per heavy atom. The zero-order valence-corrected chi connectivity index (χ0v) is 36.9. The summed E-state index contributed by atoms with van der Waals surface area (Å²) in [7, 11) is -3.62. The van der Waals surface area contributed by atoms with Gasteiger partial charge in [-0.15, -0.1) is 0 Å². The number of carbonyl (C=O) groups is 5. The molecule has 2 aromatic carbocycles. The summed E-state index contributed by atoms with van der Waals surface area (Å²) in [5.41, 5.74) is 5.53. The number of alkyl carbamates (subject to hydrolysis) is 1. The summed E-state index contributed by atoms with van der Waals surface area (Å²) in [6.45, 7) is 6.64. The maximum atomic E-state index is 14.8. The first-order chi connectivity index (χ1) is 30.5. The summed E-state index contributed by atoms with van der Waals surface area (Å²) in [4.78, 5) is 68.1. The number of nitrogens with two attached hydrogens (primary N) is 1. The number of aromatic nitrogens is 3. The van der Waals surface area contributed by atoms with Crippen LogP contribution >= 0.6 is 7.75 Å². The first-order valence-corrected chi connectivity index (χ1v) is 21.7. The largest absolute Gasteiger partial charge is 0.467 e. The predicted octanol–water partition coefficient (Wildman–Crippen LogP) is 4.43. The first-order valence-electron chi connectivity index (χ1n) is 20.2. The highest BCUT2D eigenvalue weighted by Crippen LogP contribution is 2.50. The van der Waals surface area contributed by atoms with Crippen LogP contribution in [0.5, 0.6) is 5.75 Å². The third-order valence-electron chi connectivity index (χ3n) is 9.57. The highest BCUT2D eigenvalue weighted by Gasteiger charge is 2.62. The lowest BCUT2D eigenvalue weighted by atomic mass is 9.95. The lowest BCUT2D eigenvalue weighted by Crippen LogP contribution is -2.49. The fourth-order valence-corrected chi connectivity index (χ4v) is 7.91. The normalized spacial score (nSPS) is 19.9. The number of ether oxygens (including phenoxy) is 6. The number of amides is 1. The van der Waals surface area contributed by atoms with Gasteiger partial charge in [-0.1, -0.05) is 56.3 Å². The molecule has 1 aliphatic rings. The third-order valence-corrected chi connectivity index (χ3v) is 11.2. The van der Waals surface area contributed by atoms with Gasteiger partial charge < -0.3 is 44.0 Å². The topological polar surface area (TPSA) is 280 Å². The van der Waals surface area contributed by atoms with Crippen LogP contribution in [0.15, 0.2) is 73.1 Å². The number of carbonyl (C=O) groups excluding carboxylic acids is 5. The second-order valence-corrected chi connectivity index (χ2v) is 16.3. The summed E-state index contributed by atoms with van der Waals surface area (Å²) in [5, 5.41) is 20.2. The van der Waals surface area contributed by atoms with Crippen molar-refractivity contribution in [2.45, 2.75) is 103 Å². The van der Waals surface area contributed by atoms with Crippen molar-refractivity contribution in [1.82, 2.24) is 25.0 Å². The minimum Gasteiger partial charge on any atom is -0.467 e. The van der Waals surface area contributed by atoms with Gasteiger partial charge in [0, 0.05) is 19.3 Å². The number of rotatable bonds is 20. The number of esters is 4. The number of nitrogens with zero attached hydrogens (tertiary/aromatic N) is 4. The molecular weight excluding hydrogens is 857 g/mol. The molecule has 0 saturated carbocycles. The molecule has 1 amide bonds. The molecule has 5 rings (SSSR count). The Kier molecular flexibility index (Phi) is 16.4. The maximum Gasteiger partial charge on any atom is 0.459 e. The fourth-order valence-electron chi connectivity index (χ4n) is 6.38.